The molecule has 1 aromatic heterocycles. The highest BCUT2D eigenvalue weighted by Crippen LogP contribution is 2.31. The van der Waals surface area contributed by atoms with Gasteiger partial charge in [0.15, 0.2) is 17.5 Å². The van der Waals surface area contributed by atoms with Crippen LogP contribution in [0.4, 0.5) is 10.1 Å². The molecule has 5 nitrogen and oxygen atoms in total. The Bertz CT molecular complexity index is 1580. The van der Waals surface area contributed by atoms with E-state index in [1.165, 1.54) is 12.1 Å². The molecule has 4 aromatic carbocycles. The van der Waals surface area contributed by atoms with Crippen molar-refractivity contribution < 1.29 is 4.39 Å². The zero-order chi connectivity index (χ0) is 24.2. The highest BCUT2D eigenvalue weighted by atomic mass is 19.1. The van der Waals surface area contributed by atoms with Crippen LogP contribution in [0.1, 0.15) is 5.56 Å². The summed E-state index contributed by atoms with van der Waals surface area (Å²) in [5.41, 5.74) is 3.51. The second-order valence-electron chi connectivity index (χ2n) is 7.70. The summed E-state index contributed by atoms with van der Waals surface area (Å²) in [6.45, 7) is 7.30. The number of halogens is 1. The van der Waals surface area contributed by atoms with Crippen LogP contribution in [0.5, 0.6) is 0 Å². The van der Waals surface area contributed by atoms with Gasteiger partial charge in [0.2, 0.25) is 5.69 Å². The van der Waals surface area contributed by atoms with Crippen molar-refractivity contribution in [2.45, 2.75) is 0 Å². The lowest BCUT2D eigenvalue weighted by molar-refractivity contribution is 0.630. The van der Waals surface area contributed by atoms with Crippen LogP contribution in [0, 0.1) is 23.7 Å². The minimum absolute atomic E-state index is 0.234. The van der Waals surface area contributed by atoms with Gasteiger partial charge < -0.3 is 0 Å². The van der Waals surface area contributed by atoms with Gasteiger partial charge in [-0.25, -0.2) is 24.2 Å². The zero-order valence-electron chi connectivity index (χ0n) is 18.4. The lowest BCUT2D eigenvalue weighted by Crippen LogP contribution is -2.01. The number of hydrogen-bond donors (Lipinski definition) is 0. The minimum Gasteiger partial charge on any atom is -0.235 e. The highest BCUT2D eigenvalue weighted by Gasteiger charge is 2.17. The fraction of sp³-hybridized carbons (Fsp3) is 0. The van der Waals surface area contributed by atoms with Crippen LogP contribution >= 0.6 is 0 Å². The first kappa shape index (κ1) is 21.6. The third kappa shape index (κ3) is 4.37. The first-order valence-corrected chi connectivity index (χ1v) is 10.7. The molecule has 5 aromatic rings. The standard InChI is InChI=1S/C29H16FN5/c1-32-25-17-23(16-24(18-31)26(25)30)29-34-27(20-11-6-3-7-12-20)33-28(35-29)22-14-8-13-21(15-22)19-9-4-2-5-10-19/h2-17H. The van der Waals surface area contributed by atoms with E-state index in [9.17, 15) is 9.65 Å². The molecule has 0 amide bonds. The largest absolute Gasteiger partial charge is 0.235 e. The summed E-state index contributed by atoms with van der Waals surface area (Å²) in [7, 11) is 0. The number of aromatic nitrogens is 3. The Labute approximate surface area is 201 Å². The van der Waals surface area contributed by atoms with Crippen molar-refractivity contribution in [1.82, 2.24) is 15.0 Å². The van der Waals surface area contributed by atoms with Crippen LogP contribution in [0.3, 0.4) is 0 Å². The molecule has 0 saturated heterocycles. The predicted molar refractivity (Wildman–Crippen MR) is 133 cm³/mol. The number of benzene rings is 4. The van der Waals surface area contributed by atoms with E-state index in [4.69, 9.17) is 11.6 Å². The van der Waals surface area contributed by atoms with E-state index >= 15 is 0 Å². The zero-order valence-corrected chi connectivity index (χ0v) is 18.4. The molecule has 6 heteroatoms. The first-order chi connectivity index (χ1) is 17.2. The Hall–Kier alpha value is -5.20. The molecule has 0 atom stereocenters. The van der Waals surface area contributed by atoms with Gasteiger partial charge in [-0.15, -0.1) is 0 Å². The second kappa shape index (κ2) is 9.35. The summed E-state index contributed by atoms with van der Waals surface area (Å²) in [6.07, 6.45) is 0. The van der Waals surface area contributed by atoms with Gasteiger partial charge in [0, 0.05) is 16.7 Å². The number of hydrogen-bond acceptors (Lipinski definition) is 4. The Balaban J connectivity index is 1.72. The van der Waals surface area contributed by atoms with Crippen molar-refractivity contribution in [1.29, 1.82) is 5.26 Å². The molecule has 35 heavy (non-hydrogen) atoms. The van der Waals surface area contributed by atoms with E-state index in [0.29, 0.717) is 17.2 Å². The molecular weight excluding hydrogens is 437 g/mol. The van der Waals surface area contributed by atoms with Gasteiger partial charge >= 0.3 is 0 Å². The van der Waals surface area contributed by atoms with E-state index < -0.39 is 5.82 Å². The summed E-state index contributed by atoms with van der Waals surface area (Å²) in [5, 5.41) is 9.37. The lowest BCUT2D eigenvalue weighted by Gasteiger charge is -2.10. The highest BCUT2D eigenvalue weighted by molar-refractivity contribution is 5.74. The van der Waals surface area contributed by atoms with Crippen molar-refractivity contribution in [2.24, 2.45) is 0 Å². The van der Waals surface area contributed by atoms with Crippen molar-refractivity contribution in [2.75, 3.05) is 0 Å². The molecular formula is C29H16FN5. The van der Waals surface area contributed by atoms with Gasteiger partial charge in [0.05, 0.1) is 12.1 Å². The van der Waals surface area contributed by atoms with Crippen LogP contribution in [-0.4, -0.2) is 15.0 Å². The average molecular weight is 453 g/mol. The molecule has 0 fully saturated rings. The lowest BCUT2D eigenvalue weighted by atomic mass is 10.0. The second-order valence-corrected chi connectivity index (χ2v) is 7.70. The Morgan fingerprint density at radius 1 is 0.629 bits per heavy atom. The summed E-state index contributed by atoms with van der Waals surface area (Å²) in [5.74, 6) is 0.265. The Morgan fingerprint density at radius 3 is 1.80 bits per heavy atom. The fourth-order valence-electron chi connectivity index (χ4n) is 3.72. The first-order valence-electron chi connectivity index (χ1n) is 10.7. The third-order valence-electron chi connectivity index (χ3n) is 5.45. The van der Waals surface area contributed by atoms with Crippen LogP contribution < -0.4 is 0 Å². The summed E-state index contributed by atoms with van der Waals surface area (Å²) < 4.78 is 14.4. The SMILES string of the molecule is [C-]#[N+]c1cc(-c2nc(-c3ccccc3)nc(-c3cccc(-c4ccccc4)c3)n2)cc(C#N)c1F. The van der Waals surface area contributed by atoms with Crippen molar-refractivity contribution in [3.05, 3.63) is 120 Å². The van der Waals surface area contributed by atoms with Crippen molar-refractivity contribution in [3.63, 3.8) is 0 Å². The fourth-order valence-corrected chi connectivity index (χ4v) is 3.72. The molecule has 0 bridgehead atoms. The Kier molecular flexibility index (Phi) is 5.78. The number of rotatable bonds is 4. The summed E-state index contributed by atoms with van der Waals surface area (Å²) >= 11 is 0. The van der Waals surface area contributed by atoms with Gasteiger partial charge in [-0.1, -0.05) is 78.9 Å². The maximum absolute atomic E-state index is 14.4. The van der Waals surface area contributed by atoms with E-state index in [-0.39, 0.29) is 17.1 Å². The van der Waals surface area contributed by atoms with Crippen molar-refractivity contribution >= 4 is 5.69 Å². The topological polar surface area (TPSA) is 66.8 Å². The van der Waals surface area contributed by atoms with Gasteiger partial charge in [0.1, 0.15) is 11.9 Å². The third-order valence-corrected chi connectivity index (χ3v) is 5.45. The van der Waals surface area contributed by atoms with Crippen LogP contribution in [0.2, 0.25) is 0 Å². The molecule has 0 aliphatic carbocycles. The van der Waals surface area contributed by atoms with E-state index in [0.717, 1.165) is 22.3 Å². The summed E-state index contributed by atoms with van der Waals surface area (Å²) in [6, 6.07) is 31.8. The molecule has 0 spiro atoms. The quantitative estimate of drug-likeness (QED) is 0.272. The molecule has 5 rings (SSSR count). The van der Waals surface area contributed by atoms with Gasteiger partial charge in [-0.05, 0) is 29.3 Å². The van der Waals surface area contributed by atoms with Crippen LogP contribution in [0.15, 0.2) is 97.1 Å². The molecule has 1 heterocycles. The van der Waals surface area contributed by atoms with Crippen molar-refractivity contribution in [3.8, 4) is 51.4 Å². The molecule has 0 saturated carbocycles. The normalized spacial score (nSPS) is 10.4. The number of nitriles is 1. The molecule has 0 N–H and O–H groups in total. The molecule has 0 aliphatic heterocycles. The van der Waals surface area contributed by atoms with E-state index in [2.05, 4.69) is 14.8 Å². The van der Waals surface area contributed by atoms with E-state index in [1.807, 2.05) is 91.0 Å². The molecule has 0 radical (unpaired) electrons. The molecule has 0 unspecified atom stereocenters. The predicted octanol–water partition coefficient (Wildman–Crippen LogP) is 7.10. The van der Waals surface area contributed by atoms with E-state index in [1.54, 1.807) is 0 Å². The average Bonchev–Trinajstić information content (AvgIpc) is 2.94. The van der Waals surface area contributed by atoms with Gasteiger partial charge in [-0.2, -0.15) is 5.26 Å². The minimum atomic E-state index is -0.848. The monoisotopic (exact) mass is 453 g/mol. The van der Waals surface area contributed by atoms with Crippen LogP contribution in [-0.2, 0) is 0 Å². The maximum Gasteiger partial charge on any atom is 0.224 e. The smallest absolute Gasteiger partial charge is 0.224 e. The maximum atomic E-state index is 14.4. The molecule has 164 valence electrons. The van der Waals surface area contributed by atoms with Gasteiger partial charge in [0.25, 0.3) is 0 Å². The number of nitrogens with zero attached hydrogens (tertiary/aromatic N) is 5. The molecule has 0 aliphatic rings. The summed E-state index contributed by atoms with van der Waals surface area (Å²) in [4.78, 5) is 17.2. The van der Waals surface area contributed by atoms with Crippen LogP contribution in [0.25, 0.3) is 50.1 Å². The van der Waals surface area contributed by atoms with Gasteiger partial charge in [-0.3, -0.25) is 0 Å². The Morgan fingerprint density at radius 2 is 1.17 bits per heavy atom.